The highest BCUT2D eigenvalue weighted by atomic mass is 35.5. The summed E-state index contributed by atoms with van der Waals surface area (Å²) >= 11 is 7.22. The van der Waals surface area contributed by atoms with E-state index in [9.17, 15) is 8.42 Å². The first kappa shape index (κ1) is 13.4. The summed E-state index contributed by atoms with van der Waals surface area (Å²) in [6, 6.07) is 11.3. The van der Waals surface area contributed by atoms with Gasteiger partial charge >= 0.3 is 0 Å². The van der Waals surface area contributed by atoms with Crippen LogP contribution in [0.25, 0.3) is 10.2 Å². The normalized spacial score (nSPS) is 11.7. The SMILES string of the molecule is O=S(=O)(Nc1ccc2ncsc2c1)c1ccc(Cl)cc1. The van der Waals surface area contributed by atoms with E-state index in [1.54, 1.807) is 35.8 Å². The Hall–Kier alpha value is -1.63. The van der Waals surface area contributed by atoms with E-state index >= 15 is 0 Å². The fourth-order valence-electron chi connectivity index (χ4n) is 1.75. The van der Waals surface area contributed by atoms with Gasteiger partial charge in [0.1, 0.15) is 0 Å². The van der Waals surface area contributed by atoms with Gasteiger partial charge in [-0.15, -0.1) is 11.3 Å². The molecule has 0 radical (unpaired) electrons. The first-order valence-electron chi connectivity index (χ1n) is 5.66. The Morgan fingerprint density at radius 2 is 1.85 bits per heavy atom. The maximum atomic E-state index is 12.2. The predicted octanol–water partition coefficient (Wildman–Crippen LogP) is 3.75. The minimum atomic E-state index is -3.61. The third-order valence-electron chi connectivity index (χ3n) is 2.71. The lowest BCUT2D eigenvalue weighted by atomic mass is 10.3. The third kappa shape index (κ3) is 2.63. The van der Waals surface area contributed by atoms with Crippen LogP contribution in [0.4, 0.5) is 5.69 Å². The topological polar surface area (TPSA) is 59.1 Å². The summed E-state index contributed by atoms with van der Waals surface area (Å²) in [5.41, 5.74) is 3.09. The van der Waals surface area contributed by atoms with Crippen LogP contribution >= 0.6 is 22.9 Å². The van der Waals surface area contributed by atoms with Gasteiger partial charge in [0.2, 0.25) is 0 Å². The molecule has 102 valence electrons. The van der Waals surface area contributed by atoms with Crippen molar-refractivity contribution in [1.82, 2.24) is 4.98 Å². The van der Waals surface area contributed by atoms with Crippen LogP contribution in [0.3, 0.4) is 0 Å². The number of thiazole rings is 1. The number of hydrogen-bond acceptors (Lipinski definition) is 4. The molecule has 0 fully saturated rings. The summed E-state index contributed by atoms with van der Waals surface area (Å²) < 4.78 is 27.9. The molecular weight excluding hydrogens is 316 g/mol. The van der Waals surface area contributed by atoms with Crippen LogP contribution in [-0.4, -0.2) is 13.4 Å². The number of nitrogens with zero attached hydrogens (tertiary/aromatic N) is 1. The van der Waals surface area contributed by atoms with E-state index in [-0.39, 0.29) is 4.90 Å². The fourth-order valence-corrected chi connectivity index (χ4v) is 3.64. The number of halogens is 1. The first-order chi connectivity index (χ1) is 9.54. The van der Waals surface area contributed by atoms with Crippen LogP contribution in [0.1, 0.15) is 0 Å². The molecule has 0 amide bonds. The van der Waals surface area contributed by atoms with E-state index in [2.05, 4.69) is 9.71 Å². The van der Waals surface area contributed by atoms with Gasteiger partial charge in [-0.1, -0.05) is 11.6 Å². The van der Waals surface area contributed by atoms with Gasteiger partial charge in [-0.05, 0) is 42.5 Å². The van der Waals surface area contributed by atoms with E-state index in [0.29, 0.717) is 10.7 Å². The number of rotatable bonds is 3. The zero-order chi connectivity index (χ0) is 14.2. The van der Waals surface area contributed by atoms with Crippen molar-refractivity contribution in [2.24, 2.45) is 0 Å². The molecule has 0 atom stereocenters. The van der Waals surface area contributed by atoms with Crippen molar-refractivity contribution in [3.63, 3.8) is 0 Å². The van der Waals surface area contributed by atoms with E-state index in [0.717, 1.165) is 10.2 Å². The maximum Gasteiger partial charge on any atom is 0.261 e. The zero-order valence-corrected chi connectivity index (χ0v) is 12.5. The van der Waals surface area contributed by atoms with Gasteiger partial charge in [0.15, 0.2) is 0 Å². The number of nitrogens with one attached hydrogen (secondary N) is 1. The van der Waals surface area contributed by atoms with Crippen molar-refractivity contribution in [2.75, 3.05) is 4.72 Å². The molecule has 1 heterocycles. The molecule has 0 unspecified atom stereocenters. The highest BCUT2D eigenvalue weighted by Gasteiger charge is 2.14. The molecule has 3 aromatic rings. The number of anilines is 1. The average molecular weight is 325 g/mol. The molecule has 0 aliphatic rings. The summed E-state index contributed by atoms with van der Waals surface area (Å²) in [5.74, 6) is 0. The molecule has 0 saturated carbocycles. The molecule has 4 nitrogen and oxygen atoms in total. The second-order valence-electron chi connectivity index (χ2n) is 4.09. The smallest absolute Gasteiger partial charge is 0.261 e. The number of sulfonamides is 1. The Bertz CT molecular complexity index is 857. The van der Waals surface area contributed by atoms with Crippen molar-refractivity contribution < 1.29 is 8.42 Å². The molecule has 0 spiro atoms. The van der Waals surface area contributed by atoms with Gasteiger partial charge in [-0.25, -0.2) is 13.4 Å². The lowest BCUT2D eigenvalue weighted by Crippen LogP contribution is -2.12. The molecule has 0 bridgehead atoms. The molecule has 3 rings (SSSR count). The van der Waals surface area contributed by atoms with Crippen molar-refractivity contribution in [1.29, 1.82) is 0 Å². The van der Waals surface area contributed by atoms with Crippen LogP contribution in [0.5, 0.6) is 0 Å². The van der Waals surface area contributed by atoms with E-state index in [4.69, 9.17) is 11.6 Å². The molecule has 1 N–H and O–H groups in total. The molecule has 2 aromatic carbocycles. The van der Waals surface area contributed by atoms with Crippen LogP contribution in [0.2, 0.25) is 5.02 Å². The van der Waals surface area contributed by atoms with Crippen molar-refractivity contribution >= 4 is 48.9 Å². The Balaban J connectivity index is 1.94. The Kier molecular flexibility index (Phi) is 3.37. The van der Waals surface area contributed by atoms with Gasteiger partial charge in [-0.3, -0.25) is 4.72 Å². The van der Waals surface area contributed by atoms with Crippen LogP contribution < -0.4 is 4.72 Å². The minimum Gasteiger partial charge on any atom is -0.280 e. The largest absolute Gasteiger partial charge is 0.280 e. The average Bonchev–Trinajstić information content (AvgIpc) is 2.86. The molecule has 0 aliphatic heterocycles. The standard InChI is InChI=1S/C13H9ClN2O2S2/c14-9-1-4-11(5-2-9)20(17,18)16-10-3-6-12-13(7-10)19-8-15-12/h1-8,16H. The lowest BCUT2D eigenvalue weighted by molar-refractivity contribution is 0.601. The summed E-state index contributed by atoms with van der Waals surface area (Å²) in [4.78, 5) is 4.32. The summed E-state index contributed by atoms with van der Waals surface area (Å²) in [5, 5.41) is 0.495. The predicted molar refractivity (Wildman–Crippen MR) is 81.9 cm³/mol. The van der Waals surface area contributed by atoms with Crippen LogP contribution in [0.15, 0.2) is 52.9 Å². The molecule has 20 heavy (non-hydrogen) atoms. The summed E-state index contributed by atoms with van der Waals surface area (Å²) in [6.07, 6.45) is 0. The van der Waals surface area contributed by atoms with Crippen LogP contribution in [-0.2, 0) is 10.0 Å². The maximum absolute atomic E-state index is 12.2. The third-order valence-corrected chi connectivity index (χ3v) is 5.15. The highest BCUT2D eigenvalue weighted by Crippen LogP contribution is 2.24. The van der Waals surface area contributed by atoms with Gasteiger partial charge in [-0.2, -0.15) is 0 Å². The minimum absolute atomic E-state index is 0.173. The van der Waals surface area contributed by atoms with Crippen molar-refractivity contribution in [3.8, 4) is 0 Å². The Morgan fingerprint density at radius 1 is 1.10 bits per heavy atom. The van der Waals surface area contributed by atoms with Crippen molar-refractivity contribution in [2.45, 2.75) is 4.90 Å². The quantitative estimate of drug-likeness (QED) is 0.798. The highest BCUT2D eigenvalue weighted by molar-refractivity contribution is 7.92. The number of aromatic nitrogens is 1. The van der Waals surface area contributed by atoms with E-state index in [1.807, 2.05) is 0 Å². The zero-order valence-electron chi connectivity index (χ0n) is 10.1. The van der Waals surface area contributed by atoms with Gasteiger partial charge in [0.05, 0.1) is 26.3 Å². The Morgan fingerprint density at radius 3 is 2.60 bits per heavy atom. The van der Waals surface area contributed by atoms with Crippen LogP contribution in [0, 0.1) is 0 Å². The summed E-state index contributed by atoms with van der Waals surface area (Å²) in [7, 11) is -3.61. The Labute approximate surface area is 125 Å². The van der Waals surface area contributed by atoms with E-state index in [1.165, 1.54) is 23.5 Å². The van der Waals surface area contributed by atoms with E-state index < -0.39 is 10.0 Å². The molecule has 0 aliphatic carbocycles. The summed E-state index contributed by atoms with van der Waals surface area (Å²) in [6.45, 7) is 0. The number of fused-ring (bicyclic) bond motifs is 1. The van der Waals surface area contributed by atoms with Gasteiger partial charge < -0.3 is 0 Å². The monoisotopic (exact) mass is 324 g/mol. The second-order valence-corrected chi connectivity index (χ2v) is 7.10. The molecule has 1 aromatic heterocycles. The van der Waals surface area contributed by atoms with Gasteiger partial charge in [0, 0.05) is 5.02 Å². The van der Waals surface area contributed by atoms with Gasteiger partial charge in [0.25, 0.3) is 10.0 Å². The fraction of sp³-hybridized carbons (Fsp3) is 0. The first-order valence-corrected chi connectivity index (χ1v) is 8.40. The molecule has 7 heteroatoms. The molecular formula is C13H9ClN2O2S2. The lowest BCUT2D eigenvalue weighted by Gasteiger charge is -2.08. The number of hydrogen-bond donors (Lipinski definition) is 1. The van der Waals surface area contributed by atoms with Crippen molar-refractivity contribution in [3.05, 3.63) is 53.0 Å². The second kappa shape index (κ2) is 5.05. The molecule has 0 saturated heterocycles. The number of benzene rings is 2.